The highest BCUT2D eigenvalue weighted by atomic mass is 35.5. The molecule has 1 aromatic heterocycles. The summed E-state index contributed by atoms with van der Waals surface area (Å²) in [5.41, 5.74) is 0.611. The van der Waals surface area contributed by atoms with Gasteiger partial charge >= 0.3 is 0 Å². The van der Waals surface area contributed by atoms with Crippen molar-refractivity contribution in [3.8, 4) is 0 Å². The van der Waals surface area contributed by atoms with E-state index in [4.69, 9.17) is 0 Å². The molecule has 7 heteroatoms. The maximum atomic E-state index is 12.3. The van der Waals surface area contributed by atoms with E-state index in [1.807, 2.05) is 25.1 Å². The molecule has 5 nitrogen and oxygen atoms in total. The average molecular weight is 364 g/mol. The van der Waals surface area contributed by atoms with Crippen LogP contribution < -0.4 is 10.6 Å². The molecule has 1 aromatic rings. The van der Waals surface area contributed by atoms with Crippen molar-refractivity contribution in [2.45, 2.75) is 26.2 Å². The molecule has 23 heavy (non-hydrogen) atoms. The first kappa shape index (κ1) is 22.1. The standard InChI is InChI=1S/C16H25N3O2.2ClH/c1-16(6-4-7-17-12-16)15(21)19-10-13(11-20)9-14-5-2-3-8-18-14;;/h2-3,5,8,13,17,20H,4,6-7,9-12H2,1H3,(H,19,21);2*1H. The topological polar surface area (TPSA) is 74.2 Å². The van der Waals surface area contributed by atoms with E-state index in [1.165, 1.54) is 0 Å². The molecule has 2 atom stereocenters. The molecule has 132 valence electrons. The van der Waals surface area contributed by atoms with Crippen LogP contribution in [0.5, 0.6) is 0 Å². The second kappa shape index (κ2) is 10.8. The van der Waals surface area contributed by atoms with E-state index < -0.39 is 0 Å². The number of amides is 1. The lowest BCUT2D eigenvalue weighted by molar-refractivity contribution is -0.131. The highest BCUT2D eigenvalue weighted by Gasteiger charge is 2.34. The van der Waals surface area contributed by atoms with Gasteiger partial charge in [-0.25, -0.2) is 0 Å². The number of hydrogen-bond donors (Lipinski definition) is 3. The van der Waals surface area contributed by atoms with Crippen molar-refractivity contribution >= 4 is 30.7 Å². The third-order valence-electron chi connectivity index (χ3n) is 4.18. The van der Waals surface area contributed by atoms with E-state index in [0.29, 0.717) is 13.0 Å². The Morgan fingerprint density at radius 1 is 1.48 bits per heavy atom. The first-order valence-corrected chi connectivity index (χ1v) is 7.64. The number of hydrogen-bond acceptors (Lipinski definition) is 4. The molecule has 1 amide bonds. The maximum absolute atomic E-state index is 12.3. The van der Waals surface area contributed by atoms with Gasteiger partial charge in [-0.3, -0.25) is 9.78 Å². The Morgan fingerprint density at radius 3 is 2.83 bits per heavy atom. The zero-order valence-electron chi connectivity index (χ0n) is 13.5. The summed E-state index contributed by atoms with van der Waals surface area (Å²) >= 11 is 0. The lowest BCUT2D eigenvalue weighted by Gasteiger charge is -2.33. The number of pyridine rings is 1. The van der Waals surface area contributed by atoms with Crippen LogP contribution in [0.4, 0.5) is 0 Å². The SMILES string of the molecule is CC1(C(=O)NCC(CO)Cc2ccccn2)CCCNC1.Cl.Cl. The van der Waals surface area contributed by atoms with Crippen molar-refractivity contribution in [3.63, 3.8) is 0 Å². The van der Waals surface area contributed by atoms with Gasteiger partial charge in [-0.1, -0.05) is 6.07 Å². The molecular weight excluding hydrogens is 337 g/mol. The third kappa shape index (κ3) is 6.63. The first-order chi connectivity index (χ1) is 10.1. The van der Waals surface area contributed by atoms with Crippen LogP contribution in [-0.4, -0.2) is 42.2 Å². The van der Waals surface area contributed by atoms with Crippen molar-refractivity contribution in [2.24, 2.45) is 11.3 Å². The summed E-state index contributed by atoms with van der Waals surface area (Å²) < 4.78 is 0. The summed E-state index contributed by atoms with van der Waals surface area (Å²) in [4.78, 5) is 16.6. The zero-order valence-corrected chi connectivity index (χ0v) is 15.1. The molecule has 0 radical (unpaired) electrons. The largest absolute Gasteiger partial charge is 0.396 e. The Bertz CT molecular complexity index is 454. The summed E-state index contributed by atoms with van der Waals surface area (Å²) in [5.74, 6) is 0.0816. The molecule has 0 bridgehead atoms. The van der Waals surface area contributed by atoms with Crippen molar-refractivity contribution in [3.05, 3.63) is 30.1 Å². The van der Waals surface area contributed by atoms with Gasteiger partial charge in [0.15, 0.2) is 0 Å². The molecule has 0 saturated carbocycles. The number of piperidine rings is 1. The van der Waals surface area contributed by atoms with Crippen molar-refractivity contribution in [1.29, 1.82) is 0 Å². The molecule has 0 aromatic carbocycles. The number of aromatic nitrogens is 1. The highest BCUT2D eigenvalue weighted by Crippen LogP contribution is 2.25. The van der Waals surface area contributed by atoms with E-state index in [2.05, 4.69) is 15.6 Å². The Balaban J connectivity index is 0.00000242. The zero-order chi connectivity index (χ0) is 15.1. The molecule has 2 rings (SSSR count). The number of carbonyl (C=O) groups excluding carboxylic acids is 1. The Morgan fingerprint density at radius 2 is 2.26 bits per heavy atom. The van der Waals surface area contributed by atoms with Crippen molar-refractivity contribution < 1.29 is 9.90 Å². The summed E-state index contributed by atoms with van der Waals surface area (Å²) in [6.07, 6.45) is 4.36. The van der Waals surface area contributed by atoms with E-state index in [-0.39, 0.29) is 48.7 Å². The van der Waals surface area contributed by atoms with Gasteiger partial charge in [0.2, 0.25) is 5.91 Å². The minimum atomic E-state index is -0.330. The number of aliphatic hydroxyl groups excluding tert-OH is 1. The van der Waals surface area contributed by atoms with Gasteiger partial charge in [0.05, 0.1) is 5.41 Å². The summed E-state index contributed by atoms with van der Waals surface area (Å²) in [6.45, 7) is 4.25. The van der Waals surface area contributed by atoms with Crippen LogP contribution >= 0.6 is 24.8 Å². The number of carbonyl (C=O) groups is 1. The summed E-state index contributed by atoms with van der Waals surface area (Å²) in [5, 5.41) is 15.8. The van der Waals surface area contributed by atoms with E-state index in [1.54, 1.807) is 6.20 Å². The van der Waals surface area contributed by atoms with Crippen LogP contribution in [0.15, 0.2) is 24.4 Å². The molecule has 1 aliphatic heterocycles. The summed E-state index contributed by atoms with van der Waals surface area (Å²) in [7, 11) is 0. The van der Waals surface area contributed by atoms with Gasteiger partial charge in [0.25, 0.3) is 0 Å². The minimum Gasteiger partial charge on any atom is -0.396 e. The average Bonchev–Trinajstić information content (AvgIpc) is 2.52. The number of nitrogens with zero attached hydrogens (tertiary/aromatic N) is 1. The van der Waals surface area contributed by atoms with Crippen LogP contribution in [0.3, 0.4) is 0 Å². The maximum Gasteiger partial charge on any atom is 0.227 e. The number of aliphatic hydroxyl groups is 1. The second-order valence-electron chi connectivity index (χ2n) is 6.12. The number of nitrogens with one attached hydrogen (secondary N) is 2. The van der Waals surface area contributed by atoms with Crippen molar-refractivity contribution in [1.82, 2.24) is 15.6 Å². The second-order valence-corrected chi connectivity index (χ2v) is 6.12. The molecular formula is C16H27Cl2N3O2. The van der Waals surface area contributed by atoms with E-state index >= 15 is 0 Å². The van der Waals surface area contributed by atoms with Crippen LogP contribution in [0.1, 0.15) is 25.5 Å². The predicted molar refractivity (Wildman–Crippen MR) is 96.2 cm³/mol. The van der Waals surface area contributed by atoms with Gasteiger partial charge < -0.3 is 15.7 Å². The van der Waals surface area contributed by atoms with Gasteiger partial charge in [0.1, 0.15) is 0 Å². The van der Waals surface area contributed by atoms with Crippen LogP contribution in [0, 0.1) is 11.3 Å². The quantitative estimate of drug-likeness (QED) is 0.717. The van der Waals surface area contributed by atoms with E-state index in [0.717, 1.165) is 31.6 Å². The third-order valence-corrected chi connectivity index (χ3v) is 4.18. The molecule has 1 fully saturated rings. The molecule has 1 aliphatic rings. The molecule has 1 saturated heterocycles. The van der Waals surface area contributed by atoms with Gasteiger partial charge in [-0.05, 0) is 44.9 Å². The Hall–Kier alpha value is -0.880. The highest BCUT2D eigenvalue weighted by molar-refractivity contribution is 5.85. The molecule has 2 heterocycles. The molecule has 2 unspecified atom stereocenters. The smallest absolute Gasteiger partial charge is 0.227 e. The molecule has 0 aliphatic carbocycles. The monoisotopic (exact) mass is 363 g/mol. The Labute approximate surface area is 150 Å². The number of halogens is 2. The summed E-state index contributed by atoms with van der Waals surface area (Å²) in [6, 6.07) is 5.75. The lowest BCUT2D eigenvalue weighted by atomic mass is 9.82. The fourth-order valence-corrected chi connectivity index (χ4v) is 2.72. The first-order valence-electron chi connectivity index (χ1n) is 7.64. The fourth-order valence-electron chi connectivity index (χ4n) is 2.72. The van der Waals surface area contributed by atoms with Gasteiger partial charge in [-0.2, -0.15) is 0 Å². The minimum absolute atomic E-state index is 0. The molecule has 3 N–H and O–H groups in total. The van der Waals surface area contributed by atoms with Gasteiger partial charge in [0, 0.05) is 37.5 Å². The molecule has 0 spiro atoms. The van der Waals surface area contributed by atoms with Gasteiger partial charge in [-0.15, -0.1) is 24.8 Å². The van der Waals surface area contributed by atoms with Crippen LogP contribution in [0.25, 0.3) is 0 Å². The number of rotatable bonds is 6. The normalized spacial score (nSPS) is 21.5. The predicted octanol–water partition coefficient (Wildman–Crippen LogP) is 1.58. The fraction of sp³-hybridized carbons (Fsp3) is 0.625. The van der Waals surface area contributed by atoms with Crippen molar-refractivity contribution in [2.75, 3.05) is 26.2 Å². The van der Waals surface area contributed by atoms with E-state index in [9.17, 15) is 9.90 Å². The Kier molecular flexibility index (Phi) is 10.4. The lowest BCUT2D eigenvalue weighted by Crippen LogP contribution is -2.49. The van der Waals surface area contributed by atoms with Crippen LogP contribution in [0.2, 0.25) is 0 Å². The van der Waals surface area contributed by atoms with Crippen LogP contribution in [-0.2, 0) is 11.2 Å².